The molecular formula is C19H17N5O7S. The Morgan fingerprint density at radius 3 is 2.19 bits per heavy atom. The van der Waals surface area contributed by atoms with E-state index in [-0.39, 0.29) is 16.6 Å². The molecule has 32 heavy (non-hydrogen) atoms. The zero-order valence-corrected chi connectivity index (χ0v) is 17.3. The van der Waals surface area contributed by atoms with Crippen LogP contribution in [0.4, 0.5) is 17.1 Å². The molecule has 1 aliphatic rings. The number of thiocarbonyl (C=S) groups is 1. The molecule has 3 rings (SSSR count). The van der Waals surface area contributed by atoms with Crippen LogP contribution in [0.15, 0.2) is 42.5 Å². The SMILES string of the molecule is O=C(NC(=S)Nc1ccccc1C(=O)N1CCOCC1)c1cc([N+](=O)[O-])cc([N+](=O)[O-])c1. The molecule has 1 heterocycles. The monoisotopic (exact) mass is 459 g/mol. The van der Waals surface area contributed by atoms with E-state index in [1.165, 1.54) is 0 Å². The van der Waals surface area contributed by atoms with Crippen molar-refractivity contribution in [3.05, 3.63) is 73.8 Å². The molecule has 166 valence electrons. The Hall–Kier alpha value is -3.97. The Morgan fingerprint density at radius 2 is 1.59 bits per heavy atom. The van der Waals surface area contributed by atoms with E-state index in [1.807, 2.05) is 0 Å². The van der Waals surface area contributed by atoms with Crippen molar-refractivity contribution in [1.29, 1.82) is 0 Å². The molecule has 0 spiro atoms. The number of nitro groups is 2. The molecule has 13 heteroatoms. The van der Waals surface area contributed by atoms with Crippen molar-refractivity contribution >= 4 is 46.2 Å². The number of anilines is 1. The van der Waals surface area contributed by atoms with E-state index in [2.05, 4.69) is 10.6 Å². The van der Waals surface area contributed by atoms with Crippen LogP contribution in [-0.4, -0.2) is 58.0 Å². The molecule has 0 unspecified atom stereocenters. The zero-order chi connectivity index (χ0) is 23.3. The number of nitrogens with zero attached hydrogens (tertiary/aromatic N) is 3. The van der Waals surface area contributed by atoms with Gasteiger partial charge in [-0.1, -0.05) is 12.1 Å². The number of carbonyl (C=O) groups is 2. The summed E-state index contributed by atoms with van der Waals surface area (Å²) in [5.41, 5.74) is -0.849. The van der Waals surface area contributed by atoms with Crippen molar-refractivity contribution in [3.63, 3.8) is 0 Å². The lowest BCUT2D eigenvalue weighted by Crippen LogP contribution is -2.41. The van der Waals surface area contributed by atoms with Gasteiger partial charge in [0.15, 0.2) is 5.11 Å². The fourth-order valence-electron chi connectivity index (χ4n) is 2.98. The van der Waals surface area contributed by atoms with Gasteiger partial charge in [-0.25, -0.2) is 0 Å². The van der Waals surface area contributed by atoms with E-state index >= 15 is 0 Å². The summed E-state index contributed by atoms with van der Waals surface area (Å²) in [7, 11) is 0. The van der Waals surface area contributed by atoms with Gasteiger partial charge in [0.1, 0.15) is 0 Å². The van der Waals surface area contributed by atoms with Crippen molar-refractivity contribution in [2.75, 3.05) is 31.6 Å². The number of hydrogen-bond acceptors (Lipinski definition) is 8. The fourth-order valence-corrected chi connectivity index (χ4v) is 3.18. The number of carbonyl (C=O) groups excluding carboxylic acids is 2. The van der Waals surface area contributed by atoms with Crippen molar-refractivity contribution in [3.8, 4) is 0 Å². The summed E-state index contributed by atoms with van der Waals surface area (Å²) in [6.45, 7) is 1.76. The summed E-state index contributed by atoms with van der Waals surface area (Å²) >= 11 is 5.13. The second kappa shape index (κ2) is 9.89. The summed E-state index contributed by atoms with van der Waals surface area (Å²) in [4.78, 5) is 47.3. The van der Waals surface area contributed by atoms with Gasteiger partial charge in [-0.2, -0.15) is 0 Å². The number of hydrogen-bond donors (Lipinski definition) is 2. The lowest BCUT2D eigenvalue weighted by molar-refractivity contribution is -0.394. The van der Waals surface area contributed by atoms with Crippen molar-refractivity contribution in [1.82, 2.24) is 10.2 Å². The standard InChI is InChI=1S/C19H17N5O7S/c25-17(12-9-13(23(27)28)11-14(10-12)24(29)30)21-19(32)20-16-4-2-1-3-15(16)18(26)22-5-7-31-8-6-22/h1-4,9-11H,5-8H2,(H2,20,21,25,32). The number of amides is 2. The summed E-state index contributed by atoms with van der Waals surface area (Å²) in [5.74, 6) is -1.12. The highest BCUT2D eigenvalue weighted by atomic mass is 32.1. The lowest BCUT2D eigenvalue weighted by Gasteiger charge is -2.27. The number of benzene rings is 2. The molecule has 0 radical (unpaired) electrons. The largest absolute Gasteiger partial charge is 0.378 e. The van der Waals surface area contributed by atoms with Gasteiger partial charge in [0, 0.05) is 25.2 Å². The number of nitrogens with one attached hydrogen (secondary N) is 2. The van der Waals surface area contributed by atoms with Gasteiger partial charge >= 0.3 is 0 Å². The first-order valence-corrected chi connectivity index (χ1v) is 9.69. The summed E-state index contributed by atoms with van der Waals surface area (Å²) in [5, 5.41) is 26.9. The lowest BCUT2D eigenvalue weighted by atomic mass is 10.1. The molecule has 0 aliphatic carbocycles. The highest BCUT2D eigenvalue weighted by molar-refractivity contribution is 7.80. The third kappa shape index (κ3) is 5.39. The molecule has 1 saturated heterocycles. The van der Waals surface area contributed by atoms with E-state index in [4.69, 9.17) is 17.0 Å². The fraction of sp³-hybridized carbons (Fsp3) is 0.211. The van der Waals surface area contributed by atoms with Crippen LogP contribution >= 0.6 is 12.2 Å². The molecule has 0 saturated carbocycles. The Morgan fingerprint density at radius 1 is 1.00 bits per heavy atom. The maximum atomic E-state index is 12.8. The molecule has 2 N–H and O–H groups in total. The minimum atomic E-state index is -0.883. The Bertz CT molecular complexity index is 1070. The van der Waals surface area contributed by atoms with E-state index in [9.17, 15) is 29.8 Å². The maximum absolute atomic E-state index is 12.8. The first-order valence-electron chi connectivity index (χ1n) is 9.28. The quantitative estimate of drug-likeness (QED) is 0.388. The molecule has 2 amide bonds. The van der Waals surface area contributed by atoms with E-state index in [1.54, 1.807) is 29.2 Å². The van der Waals surface area contributed by atoms with Crippen LogP contribution in [0.2, 0.25) is 0 Å². The molecular weight excluding hydrogens is 442 g/mol. The number of morpholine rings is 1. The van der Waals surface area contributed by atoms with Crippen LogP contribution in [0.25, 0.3) is 0 Å². The first kappa shape index (κ1) is 22.7. The van der Waals surface area contributed by atoms with Gasteiger partial charge in [-0.15, -0.1) is 0 Å². The first-order chi connectivity index (χ1) is 15.3. The van der Waals surface area contributed by atoms with Gasteiger partial charge in [-0.3, -0.25) is 35.1 Å². The van der Waals surface area contributed by atoms with Crippen LogP contribution < -0.4 is 10.6 Å². The van der Waals surface area contributed by atoms with Crippen LogP contribution in [0.1, 0.15) is 20.7 Å². The van der Waals surface area contributed by atoms with Crippen LogP contribution in [-0.2, 0) is 4.74 Å². The zero-order valence-electron chi connectivity index (χ0n) is 16.5. The third-order valence-electron chi connectivity index (χ3n) is 4.52. The highest BCUT2D eigenvalue weighted by Gasteiger charge is 2.23. The van der Waals surface area contributed by atoms with Crippen LogP contribution in [0.3, 0.4) is 0 Å². The molecule has 0 bridgehead atoms. The number of nitro benzene ring substituents is 2. The van der Waals surface area contributed by atoms with Gasteiger partial charge in [0.05, 0.1) is 45.9 Å². The predicted molar refractivity (Wildman–Crippen MR) is 117 cm³/mol. The average molecular weight is 459 g/mol. The molecule has 2 aromatic carbocycles. The average Bonchev–Trinajstić information content (AvgIpc) is 2.79. The van der Waals surface area contributed by atoms with Gasteiger partial charge in [0.25, 0.3) is 23.2 Å². The molecule has 12 nitrogen and oxygen atoms in total. The Kier molecular flexibility index (Phi) is 7.02. The predicted octanol–water partition coefficient (Wildman–Crippen LogP) is 2.10. The van der Waals surface area contributed by atoms with Gasteiger partial charge < -0.3 is 15.0 Å². The van der Waals surface area contributed by atoms with Crippen molar-refractivity contribution < 1.29 is 24.2 Å². The Labute approximate surface area is 186 Å². The summed E-state index contributed by atoms with van der Waals surface area (Å²) < 4.78 is 5.25. The third-order valence-corrected chi connectivity index (χ3v) is 4.72. The highest BCUT2D eigenvalue weighted by Crippen LogP contribution is 2.23. The normalized spacial score (nSPS) is 13.2. The number of non-ortho nitro benzene ring substituents is 2. The second-order valence-corrected chi connectivity index (χ2v) is 7.02. The number of para-hydroxylation sites is 1. The second-order valence-electron chi connectivity index (χ2n) is 6.61. The minimum Gasteiger partial charge on any atom is -0.378 e. The molecule has 1 fully saturated rings. The number of rotatable bonds is 5. The smallest absolute Gasteiger partial charge is 0.277 e. The topological polar surface area (TPSA) is 157 Å². The summed E-state index contributed by atoms with van der Waals surface area (Å²) in [6.07, 6.45) is 0. The van der Waals surface area contributed by atoms with Crippen molar-refractivity contribution in [2.24, 2.45) is 0 Å². The van der Waals surface area contributed by atoms with Crippen molar-refractivity contribution in [2.45, 2.75) is 0 Å². The van der Waals surface area contributed by atoms with Gasteiger partial charge in [0.2, 0.25) is 0 Å². The van der Waals surface area contributed by atoms with E-state index < -0.39 is 27.1 Å². The Balaban J connectivity index is 1.75. The molecule has 1 aliphatic heterocycles. The van der Waals surface area contributed by atoms with E-state index in [0.717, 1.165) is 18.2 Å². The maximum Gasteiger partial charge on any atom is 0.277 e. The van der Waals surface area contributed by atoms with Gasteiger partial charge in [-0.05, 0) is 24.4 Å². The molecule has 2 aromatic rings. The molecule has 0 aromatic heterocycles. The minimum absolute atomic E-state index is 0.189. The van der Waals surface area contributed by atoms with Crippen LogP contribution in [0.5, 0.6) is 0 Å². The summed E-state index contributed by atoms with van der Waals surface area (Å²) in [6, 6.07) is 9.12. The van der Waals surface area contributed by atoms with E-state index in [0.29, 0.717) is 37.6 Å². The van der Waals surface area contributed by atoms with Crippen LogP contribution in [0, 0.1) is 20.2 Å². The number of ether oxygens (including phenoxy) is 1. The molecule has 0 atom stereocenters.